The lowest BCUT2D eigenvalue weighted by molar-refractivity contribution is -0.385. The zero-order valence-corrected chi connectivity index (χ0v) is 11.5. The first-order valence-electron chi connectivity index (χ1n) is 5.81. The van der Waals surface area contributed by atoms with Crippen molar-refractivity contribution in [1.82, 2.24) is 19.6 Å². The van der Waals surface area contributed by atoms with Crippen molar-refractivity contribution in [3.05, 3.63) is 33.4 Å². The molecule has 2 rings (SSSR count). The van der Waals surface area contributed by atoms with Gasteiger partial charge in [-0.25, -0.2) is 0 Å². The third-order valence-corrected chi connectivity index (χ3v) is 3.18. The fourth-order valence-corrected chi connectivity index (χ4v) is 1.77. The minimum atomic E-state index is -0.628. The highest BCUT2D eigenvalue weighted by atomic mass is 16.6. The largest absolute Gasteiger partial charge is 0.322 e. The summed E-state index contributed by atoms with van der Waals surface area (Å²) in [6.45, 7) is 3.32. The molecule has 1 N–H and O–H groups in total. The Kier molecular flexibility index (Phi) is 3.26. The normalized spacial score (nSPS) is 10.6. The summed E-state index contributed by atoms with van der Waals surface area (Å²) in [5.41, 5.74) is 1.07. The maximum Gasteiger partial charge on any atom is 0.322 e. The molecule has 0 aliphatic heterocycles. The summed E-state index contributed by atoms with van der Waals surface area (Å²) in [6, 6.07) is 0. The summed E-state index contributed by atoms with van der Waals surface area (Å²) < 4.78 is 2.90. The van der Waals surface area contributed by atoms with Gasteiger partial charge in [0.05, 0.1) is 22.5 Å². The van der Waals surface area contributed by atoms with Gasteiger partial charge in [-0.05, 0) is 13.8 Å². The highest BCUT2D eigenvalue weighted by Crippen LogP contribution is 2.23. The van der Waals surface area contributed by atoms with Gasteiger partial charge in [0.1, 0.15) is 5.69 Å². The van der Waals surface area contributed by atoms with Crippen LogP contribution < -0.4 is 5.32 Å². The lowest BCUT2D eigenvalue weighted by atomic mass is 10.3. The van der Waals surface area contributed by atoms with Crippen LogP contribution in [0, 0.1) is 24.0 Å². The van der Waals surface area contributed by atoms with Crippen molar-refractivity contribution in [2.75, 3.05) is 5.32 Å². The molecule has 0 atom stereocenters. The second-order valence-corrected chi connectivity index (χ2v) is 4.38. The van der Waals surface area contributed by atoms with Gasteiger partial charge in [-0.3, -0.25) is 24.3 Å². The molecule has 0 saturated carbocycles. The highest BCUT2D eigenvalue weighted by Gasteiger charge is 2.29. The van der Waals surface area contributed by atoms with Crippen LogP contribution >= 0.6 is 0 Å². The van der Waals surface area contributed by atoms with Crippen LogP contribution in [-0.2, 0) is 14.1 Å². The van der Waals surface area contributed by atoms with E-state index >= 15 is 0 Å². The van der Waals surface area contributed by atoms with Crippen molar-refractivity contribution in [3.63, 3.8) is 0 Å². The fourth-order valence-electron chi connectivity index (χ4n) is 1.77. The lowest BCUT2D eigenvalue weighted by Gasteiger charge is -2.02. The molecule has 0 aliphatic carbocycles. The highest BCUT2D eigenvalue weighted by molar-refractivity contribution is 6.06. The van der Waals surface area contributed by atoms with Crippen LogP contribution in [-0.4, -0.2) is 30.4 Å². The number of aromatic nitrogens is 4. The zero-order valence-electron chi connectivity index (χ0n) is 11.5. The van der Waals surface area contributed by atoms with Gasteiger partial charge in [0.25, 0.3) is 5.91 Å². The number of carbonyl (C=O) groups excluding carboxylic acids is 1. The maximum atomic E-state index is 12.1. The van der Waals surface area contributed by atoms with E-state index in [1.807, 2.05) is 0 Å². The number of amides is 1. The van der Waals surface area contributed by atoms with Gasteiger partial charge < -0.3 is 5.32 Å². The van der Waals surface area contributed by atoms with Crippen LogP contribution in [0.25, 0.3) is 0 Å². The molecule has 1 amide bonds. The summed E-state index contributed by atoms with van der Waals surface area (Å²) in [4.78, 5) is 22.6. The topological polar surface area (TPSA) is 108 Å². The van der Waals surface area contributed by atoms with Gasteiger partial charge in [0.2, 0.25) is 5.69 Å². The van der Waals surface area contributed by atoms with E-state index in [4.69, 9.17) is 0 Å². The summed E-state index contributed by atoms with van der Waals surface area (Å²) in [7, 11) is 3.28. The fraction of sp³-hybridized carbons (Fsp3) is 0.364. The molecule has 0 aromatic carbocycles. The van der Waals surface area contributed by atoms with Crippen LogP contribution in [0.5, 0.6) is 0 Å². The minimum absolute atomic E-state index is 0.210. The molecule has 0 spiro atoms. The minimum Gasteiger partial charge on any atom is -0.317 e. The molecule has 2 heterocycles. The predicted octanol–water partition coefficient (Wildman–Crippen LogP) is 0.931. The van der Waals surface area contributed by atoms with Crippen LogP contribution in [0.1, 0.15) is 21.9 Å². The molecular weight excluding hydrogens is 264 g/mol. The molecule has 0 saturated heterocycles. The number of anilines is 1. The first-order chi connectivity index (χ1) is 9.32. The van der Waals surface area contributed by atoms with Crippen LogP contribution in [0.4, 0.5) is 11.4 Å². The molecule has 0 unspecified atom stereocenters. The van der Waals surface area contributed by atoms with E-state index < -0.39 is 10.8 Å². The molecule has 2 aromatic heterocycles. The molecule has 0 bridgehead atoms. The van der Waals surface area contributed by atoms with Gasteiger partial charge in [0, 0.05) is 14.1 Å². The van der Waals surface area contributed by atoms with Gasteiger partial charge in [-0.2, -0.15) is 10.2 Å². The van der Waals surface area contributed by atoms with E-state index in [1.165, 1.54) is 17.8 Å². The quantitative estimate of drug-likeness (QED) is 0.663. The van der Waals surface area contributed by atoms with E-state index in [9.17, 15) is 14.9 Å². The van der Waals surface area contributed by atoms with Crippen molar-refractivity contribution in [1.29, 1.82) is 0 Å². The number of nitrogens with zero attached hydrogens (tertiary/aromatic N) is 5. The Hall–Kier alpha value is -2.71. The Bertz CT molecular complexity index is 699. The van der Waals surface area contributed by atoms with E-state index in [-0.39, 0.29) is 11.4 Å². The number of aryl methyl sites for hydroxylation is 2. The van der Waals surface area contributed by atoms with E-state index in [2.05, 4.69) is 15.5 Å². The molecule has 0 fully saturated rings. The lowest BCUT2D eigenvalue weighted by Crippen LogP contribution is -2.15. The molecule has 20 heavy (non-hydrogen) atoms. The van der Waals surface area contributed by atoms with Crippen molar-refractivity contribution in [3.8, 4) is 0 Å². The third-order valence-electron chi connectivity index (χ3n) is 3.18. The van der Waals surface area contributed by atoms with Crippen molar-refractivity contribution >= 4 is 17.3 Å². The van der Waals surface area contributed by atoms with Crippen molar-refractivity contribution in [2.45, 2.75) is 13.8 Å². The predicted molar refractivity (Wildman–Crippen MR) is 70.5 cm³/mol. The Balaban J connectivity index is 2.37. The molecule has 0 aliphatic rings. The SMILES string of the molecule is Cc1c(NC(=O)c2nn(C)c(C)c2[N+](=O)[O-])cnn1C. The van der Waals surface area contributed by atoms with Gasteiger partial charge in [0.15, 0.2) is 0 Å². The number of hydrogen-bond donors (Lipinski definition) is 1. The number of hydrogen-bond acceptors (Lipinski definition) is 5. The first kappa shape index (κ1) is 13.7. The average Bonchev–Trinajstić information content (AvgIpc) is 2.84. The zero-order chi connectivity index (χ0) is 15.0. The Morgan fingerprint density at radius 3 is 2.45 bits per heavy atom. The van der Waals surface area contributed by atoms with E-state index in [1.54, 1.807) is 25.7 Å². The molecular formula is C11H14N6O3. The molecule has 106 valence electrons. The monoisotopic (exact) mass is 278 g/mol. The molecule has 9 heteroatoms. The van der Waals surface area contributed by atoms with Gasteiger partial charge in [-0.1, -0.05) is 0 Å². The van der Waals surface area contributed by atoms with E-state index in [0.717, 1.165) is 5.69 Å². The Morgan fingerprint density at radius 1 is 1.30 bits per heavy atom. The smallest absolute Gasteiger partial charge is 0.317 e. The van der Waals surface area contributed by atoms with Crippen molar-refractivity contribution < 1.29 is 9.72 Å². The van der Waals surface area contributed by atoms with E-state index in [0.29, 0.717) is 11.4 Å². The summed E-state index contributed by atoms with van der Waals surface area (Å²) in [6.07, 6.45) is 1.48. The standard InChI is InChI=1S/C11H14N6O3/c1-6-8(5-12-15(6)3)13-11(18)9-10(17(19)20)7(2)16(4)14-9/h5H,1-4H3,(H,13,18). The molecule has 9 nitrogen and oxygen atoms in total. The van der Waals surface area contributed by atoms with Crippen LogP contribution in [0.15, 0.2) is 6.20 Å². The van der Waals surface area contributed by atoms with Crippen molar-refractivity contribution in [2.24, 2.45) is 14.1 Å². The summed E-state index contributed by atoms with van der Waals surface area (Å²) in [5, 5.41) is 21.5. The average molecular weight is 278 g/mol. The summed E-state index contributed by atoms with van der Waals surface area (Å²) in [5.74, 6) is -0.628. The van der Waals surface area contributed by atoms with Crippen LogP contribution in [0.2, 0.25) is 0 Å². The van der Waals surface area contributed by atoms with Crippen LogP contribution in [0.3, 0.4) is 0 Å². The van der Waals surface area contributed by atoms with Gasteiger partial charge in [-0.15, -0.1) is 0 Å². The number of rotatable bonds is 3. The number of carbonyl (C=O) groups is 1. The number of nitrogens with one attached hydrogen (secondary N) is 1. The summed E-state index contributed by atoms with van der Waals surface area (Å²) >= 11 is 0. The second kappa shape index (κ2) is 4.76. The molecule has 0 radical (unpaired) electrons. The van der Waals surface area contributed by atoms with Gasteiger partial charge >= 0.3 is 5.69 Å². The first-order valence-corrected chi connectivity index (χ1v) is 5.81. The Morgan fingerprint density at radius 2 is 1.95 bits per heavy atom. The maximum absolute atomic E-state index is 12.1. The third kappa shape index (κ3) is 2.13. The second-order valence-electron chi connectivity index (χ2n) is 4.38. The number of nitro groups is 1. The molecule has 2 aromatic rings. The Labute approximate surface area is 114 Å².